The largest absolute Gasteiger partial charge is 0.310 e. The molecule has 0 saturated carbocycles. The number of halogens is 1. The van der Waals surface area contributed by atoms with Gasteiger partial charge in [0.15, 0.2) is 0 Å². The Labute approximate surface area is 125 Å². The Morgan fingerprint density at radius 1 is 1.11 bits per heavy atom. The van der Waals surface area contributed by atoms with Gasteiger partial charge in [-0.2, -0.15) is 0 Å². The molecule has 0 aliphatic heterocycles. The third-order valence-corrected chi connectivity index (χ3v) is 5.12. The van der Waals surface area contributed by atoms with Gasteiger partial charge in [-0.05, 0) is 30.7 Å². The number of thiazole rings is 1. The fraction of sp³-hybridized carbons (Fsp3) is 0.214. The quantitative estimate of drug-likeness (QED) is 0.709. The average molecular weight is 309 g/mol. The van der Waals surface area contributed by atoms with Crippen LogP contribution in [0, 0.1) is 0 Å². The molecular formula is C14H13ClN2S2. The van der Waals surface area contributed by atoms with Crippen molar-refractivity contribution >= 4 is 44.5 Å². The zero-order valence-electron chi connectivity index (χ0n) is 10.2. The third kappa shape index (κ3) is 3.34. The molecule has 0 fully saturated rings. The van der Waals surface area contributed by atoms with Crippen LogP contribution in [0.5, 0.6) is 0 Å². The molecule has 19 heavy (non-hydrogen) atoms. The van der Waals surface area contributed by atoms with Gasteiger partial charge < -0.3 is 5.32 Å². The highest BCUT2D eigenvalue weighted by atomic mass is 35.5. The van der Waals surface area contributed by atoms with Gasteiger partial charge in [-0.1, -0.05) is 23.7 Å². The molecule has 1 aromatic carbocycles. The van der Waals surface area contributed by atoms with Gasteiger partial charge in [-0.3, -0.25) is 0 Å². The van der Waals surface area contributed by atoms with E-state index >= 15 is 0 Å². The van der Waals surface area contributed by atoms with Crippen molar-refractivity contribution < 1.29 is 0 Å². The Bertz CT molecular complexity index is 642. The van der Waals surface area contributed by atoms with Crippen LogP contribution in [0.15, 0.2) is 36.4 Å². The smallest absolute Gasteiger partial charge is 0.108 e. The van der Waals surface area contributed by atoms with Crippen LogP contribution in [0.4, 0.5) is 0 Å². The van der Waals surface area contributed by atoms with Crippen molar-refractivity contribution in [2.24, 2.45) is 0 Å². The highest BCUT2D eigenvalue weighted by Crippen LogP contribution is 2.22. The lowest BCUT2D eigenvalue weighted by atomic mass is 10.3. The number of para-hydroxylation sites is 1. The number of hydrogen-bond donors (Lipinski definition) is 1. The van der Waals surface area contributed by atoms with Crippen molar-refractivity contribution in [2.75, 3.05) is 6.54 Å². The van der Waals surface area contributed by atoms with Crippen LogP contribution in [-0.2, 0) is 13.0 Å². The number of thiophene rings is 1. The predicted molar refractivity (Wildman–Crippen MR) is 84.4 cm³/mol. The number of hydrogen-bond acceptors (Lipinski definition) is 4. The number of aromatic nitrogens is 1. The second-order valence-electron chi connectivity index (χ2n) is 4.21. The van der Waals surface area contributed by atoms with Crippen LogP contribution >= 0.6 is 34.3 Å². The molecule has 0 aliphatic carbocycles. The van der Waals surface area contributed by atoms with Crippen molar-refractivity contribution in [3.63, 3.8) is 0 Å². The summed E-state index contributed by atoms with van der Waals surface area (Å²) in [6.45, 7) is 1.78. The zero-order chi connectivity index (χ0) is 13.1. The van der Waals surface area contributed by atoms with Gasteiger partial charge in [-0.25, -0.2) is 4.98 Å². The fourth-order valence-corrected chi connectivity index (χ4v) is 3.91. The molecule has 5 heteroatoms. The molecule has 2 heterocycles. The number of benzene rings is 1. The number of nitrogens with zero attached hydrogens (tertiary/aromatic N) is 1. The first-order chi connectivity index (χ1) is 9.31. The summed E-state index contributed by atoms with van der Waals surface area (Å²) in [4.78, 5) is 5.92. The summed E-state index contributed by atoms with van der Waals surface area (Å²) in [7, 11) is 0. The maximum atomic E-state index is 5.90. The molecule has 0 spiro atoms. The highest BCUT2D eigenvalue weighted by molar-refractivity contribution is 7.18. The molecule has 3 aromatic rings. The topological polar surface area (TPSA) is 24.9 Å². The van der Waals surface area contributed by atoms with Crippen LogP contribution in [-0.4, -0.2) is 11.5 Å². The van der Waals surface area contributed by atoms with Crippen LogP contribution in [0.3, 0.4) is 0 Å². The van der Waals surface area contributed by atoms with E-state index in [0.717, 1.165) is 34.4 Å². The lowest BCUT2D eigenvalue weighted by Crippen LogP contribution is -2.16. The molecule has 98 valence electrons. The standard InChI is InChI=1S/C14H13ClN2S2/c15-13-6-5-10(18-13)7-8-16-9-14-17-11-3-1-2-4-12(11)19-14/h1-6,16H,7-9H2. The molecule has 1 N–H and O–H groups in total. The number of nitrogens with one attached hydrogen (secondary N) is 1. The van der Waals surface area contributed by atoms with E-state index in [4.69, 9.17) is 11.6 Å². The van der Waals surface area contributed by atoms with Crippen molar-refractivity contribution in [1.82, 2.24) is 10.3 Å². The van der Waals surface area contributed by atoms with E-state index in [1.807, 2.05) is 12.1 Å². The molecule has 2 aromatic heterocycles. The summed E-state index contributed by atoms with van der Waals surface area (Å²) < 4.78 is 2.12. The van der Waals surface area contributed by atoms with Crippen molar-refractivity contribution in [2.45, 2.75) is 13.0 Å². The SMILES string of the molecule is Clc1ccc(CCNCc2nc3ccccc3s2)s1. The van der Waals surface area contributed by atoms with Crippen LogP contribution in [0.25, 0.3) is 10.2 Å². The van der Waals surface area contributed by atoms with E-state index in [-0.39, 0.29) is 0 Å². The van der Waals surface area contributed by atoms with Gasteiger partial charge in [0.05, 0.1) is 14.6 Å². The van der Waals surface area contributed by atoms with Crippen molar-refractivity contribution in [3.8, 4) is 0 Å². The van der Waals surface area contributed by atoms with Crippen LogP contribution in [0.2, 0.25) is 4.34 Å². The molecule has 0 saturated heterocycles. The molecule has 0 aliphatic rings. The Hall–Kier alpha value is -0.940. The van der Waals surface area contributed by atoms with Gasteiger partial charge in [0.25, 0.3) is 0 Å². The summed E-state index contributed by atoms with van der Waals surface area (Å²) in [6, 6.07) is 12.3. The molecule has 3 rings (SSSR count). The highest BCUT2D eigenvalue weighted by Gasteiger charge is 2.02. The first kappa shape index (κ1) is 13.1. The van der Waals surface area contributed by atoms with E-state index in [2.05, 4.69) is 34.6 Å². The van der Waals surface area contributed by atoms with Gasteiger partial charge >= 0.3 is 0 Å². The Morgan fingerprint density at radius 2 is 2.00 bits per heavy atom. The van der Waals surface area contributed by atoms with E-state index < -0.39 is 0 Å². The molecule has 0 atom stereocenters. The average Bonchev–Trinajstić information content (AvgIpc) is 3.00. The second kappa shape index (κ2) is 6.01. The molecule has 0 amide bonds. The maximum Gasteiger partial charge on any atom is 0.108 e. The van der Waals surface area contributed by atoms with Crippen LogP contribution < -0.4 is 5.32 Å². The molecule has 0 unspecified atom stereocenters. The first-order valence-electron chi connectivity index (χ1n) is 6.10. The monoisotopic (exact) mass is 308 g/mol. The Balaban J connectivity index is 1.52. The fourth-order valence-electron chi connectivity index (χ4n) is 1.89. The van der Waals surface area contributed by atoms with Gasteiger partial charge in [0.2, 0.25) is 0 Å². The van der Waals surface area contributed by atoms with E-state index in [0.29, 0.717) is 0 Å². The summed E-state index contributed by atoms with van der Waals surface area (Å²) in [5.41, 5.74) is 1.09. The minimum absolute atomic E-state index is 0.832. The summed E-state index contributed by atoms with van der Waals surface area (Å²) in [6.07, 6.45) is 1.02. The summed E-state index contributed by atoms with van der Waals surface area (Å²) in [5, 5.41) is 4.58. The number of fused-ring (bicyclic) bond motifs is 1. The predicted octanol–water partition coefficient (Wildman–Crippen LogP) is 4.34. The van der Waals surface area contributed by atoms with Crippen molar-refractivity contribution in [3.05, 3.63) is 50.6 Å². The van der Waals surface area contributed by atoms with Gasteiger partial charge in [0.1, 0.15) is 5.01 Å². The van der Waals surface area contributed by atoms with Crippen molar-refractivity contribution in [1.29, 1.82) is 0 Å². The minimum Gasteiger partial charge on any atom is -0.310 e. The second-order valence-corrected chi connectivity index (χ2v) is 7.12. The van der Waals surface area contributed by atoms with Crippen LogP contribution in [0.1, 0.15) is 9.88 Å². The van der Waals surface area contributed by atoms with Gasteiger partial charge in [0, 0.05) is 18.0 Å². The normalized spacial score (nSPS) is 11.2. The first-order valence-corrected chi connectivity index (χ1v) is 8.12. The third-order valence-electron chi connectivity index (χ3n) is 2.79. The molecule has 2 nitrogen and oxygen atoms in total. The lowest BCUT2D eigenvalue weighted by molar-refractivity contribution is 0.688. The Morgan fingerprint density at radius 3 is 2.79 bits per heavy atom. The Kier molecular flexibility index (Phi) is 4.13. The summed E-state index contributed by atoms with van der Waals surface area (Å²) in [5.74, 6) is 0. The maximum absolute atomic E-state index is 5.90. The van der Waals surface area contributed by atoms with E-state index in [9.17, 15) is 0 Å². The summed E-state index contributed by atoms with van der Waals surface area (Å²) >= 11 is 9.31. The van der Waals surface area contributed by atoms with E-state index in [1.165, 1.54) is 9.58 Å². The molecule has 0 bridgehead atoms. The molecule has 0 radical (unpaired) electrons. The zero-order valence-corrected chi connectivity index (χ0v) is 12.6. The lowest BCUT2D eigenvalue weighted by Gasteiger charge is -2.00. The van der Waals surface area contributed by atoms with E-state index in [1.54, 1.807) is 22.7 Å². The molecular weight excluding hydrogens is 296 g/mol. The van der Waals surface area contributed by atoms with Gasteiger partial charge in [-0.15, -0.1) is 22.7 Å². The number of rotatable bonds is 5. The minimum atomic E-state index is 0.832.